The molecule has 3 rings (SSSR count). The molecule has 1 aliphatic rings. The number of rotatable bonds is 2. The Morgan fingerprint density at radius 2 is 2.06 bits per heavy atom. The molecule has 18 heavy (non-hydrogen) atoms. The average Bonchev–Trinajstić information content (AvgIpc) is 2.97. The topological polar surface area (TPSA) is 53.4 Å². The molecule has 0 atom stereocenters. The van der Waals surface area contributed by atoms with Crippen molar-refractivity contribution in [1.82, 2.24) is 4.98 Å². The highest BCUT2D eigenvalue weighted by Crippen LogP contribution is 2.40. The number of halogens is 1. The summed E-state index contributed by atoms with van der Waals surface area (Å²) in [7, 11) is -1.52. The molecule has 0 radical (unpaired) electrons. The van der Waals surface area contributed by atoms with Gasteiger partial charge in [0.05, 0.1) is 20.0 Å². The highest BCUT2D eigenvalue weighted by atomic mass is 35.5. The van der Waals surface area contributed by atoms with Gasteiger partial charge in [-0.15, -0.1) is 11.3 Å². The summed E-state index contributed by atoms with van der Waals surface area (Å²) in [4.78, 5) is 4.27. The fraction of sp³-hybridized carbons (Fsp3) is 0.417. The van der Waals surface area contributed by atoms with Crippen LogP contribution in [0, 0.1) is 0 Å². The summed E-state index contributed by atoms with van der Waals surface area (Å²) in [6.45, 7) is 0. The number of hydrogen-bond donors (Lipinski definition) is 2. The van der Waals surface area contributed by atoms with Crippen LogP contribution in [0.4, 0.5) is 0 Å². The summed E-state index contributed by atoms with van der Waals surface area (Å²) >= 11 is 7.51. The highest BCUT2D eigenvalue weighted by Gasteiger charge is 2.26. The van der Waals surface area contributed by atoms with Crippen molar-refractivity contribution in [2.75, 3.05) is 0 Å². The molecule has 94 valence electrons. The first-order chi connectivity index (χ1) is 8.68. The van der Waals surface area contributed by atoms with Crippen LogP contribution in [0.1, 0.15) is 37.2 Å². The first kappa shape index (κ1) is 12.4. The number of pyridine rings is 1. The van der Waals surface area contributed by atoms with E-state index in [2.05, 4.69) is 4.98 Å². The summed E-state index contributed by atoms with van der Waals surface area (Å²) in [5.74, 6) is 0.564. The van der Waals surface area contributed by atoms with Crippen LogP contribution in [0.15, 0.2) is 12.3 Å². The van der Waals surface area contributed by atoms with Crippen LogP contribution < -0.4 is 4.78 Å². The third-order valence-corrected chi connectivity index (χ3v) is 5.36. The molecule has 0 spiro atoms. The summed E-state index contributed by atoms with van der Waals surface area (Å²) < 4.78 is 1.40. The van der Waals surface area contributed by atoms with Crippen molar-refractivity contribution in [1.29, 1.82) is 0 Å². The Labute approximate surface area is 115 Å². The zero-order valence-electron chi connectivity index (χ0n) is 9.77. The molecule has 0 aliphatic heterocycles. The van der Waals surface area contributed by atoms with Crippen LogP contribution in [0.5, 0.6) is 0 Å². The Morgan fingerprint density at radius 3 is 2.72 bits per heavy atom. The summed E-state index contributed by atoms with van der Waals surface area (Å²) in [5, 5.41) is 19.0. The lowest BCUT2D eigenvalue weighted by Gasteiger charge is -2.09. The Morgan fingerprint density at radius 1 is 1.33 bits per heavy atom. The Hall–Kier alpha value is -0.615. The molecule has 0 amide bonds. The van der Waals surface area contributed by atoms with Crippen LogP contribution >= 0.6 is 22.9 Å². The Kier molecular flexibility index (Phi) is 3.32. The van der Waals surface area contributed by atoms with Crippen molar-refractivity contribution in [3.63, 3.8) is 0 Å². The van der Waals surface area contributed by atoms with E-state index in [1.54, 1.807) is 6.20 Å². The van der Waals surface area contributed by atoms with Gasteiger partial charge in [-0.25, -0.2) is 0 Å². The monoisotopic (exact) mass is 281 g/mol. The molecule has 0 saturated heterocycles. The minimum atomic E-state index is -1.52. The number of thiophene rings is 1. The largest absolute Gasteiger partial charge is 0.500 e. The Balaban J connectivity index is 2.18. The zero-order valence-corrected chi connectivity index (χ0v) is 11.3. The highest BCUT2D eigenvalue weighted by molar-refractivity contribution is 7.29. The SMILES string of the molecule is OB(O)c1sc2c(C3CCCC3)ccnc2c1Cl. The first-order valence-electron chi connectivity index (χ1n) is 6.11. The lowest BCUT2D eigenvalue weighted by Crippen LogP contribution is -2.27. The fourth-order valence-electron chi connectivity index (χ4n) is 2.72. The second kappa shape index (κ2) is 4.81. The van der Waals surface area contributed by atoms with Gasteiger partial charge in [0.15, 0.2) is 0 Å². The van der Waals surface area contributed by atoms with E-state index in [9.17, 15) is 10.0 Å². The maximum atomic E-state index is 9.32. The van der Waals surface area contributed by atoms with Crippen molar-refractivity contribution >= 4 is 45.0 Å². The molecule has 1 aliphatic carbocycles. The van der Waals surface area contributed by atoms with Crippen molar-refractivity contribution < 1.29 is 10.0 Å². The van der Waals surface area contributed by atoms with Gasteiger partial charge in [-0.2, -0.15) is 0 Å². The van der Waals surface area contributed by atoms with Crippen LogP contribution in [-0.2, 0) is 0 Å². The van der Waals surface area contributed by atoms with Gasteiger partial charge in [-0.1, -0.05) is 24.4 Å². The predicted molar refractivity (Wildman–Crippen MR) is 75.7 cm³/mol. The minimum absolute atomic E-state index is 0.379. The van der Waals surface area contributed by atoms with E-state index in [0.29, 0.717) is 21.2 Å². The summed E-state index contributed by atoms with van der Waals surface area (Å²) in [6, 6.07) is 2.04. The molecule has 2 N–H and O–H groups in total. The lowest BCUT2D eigenvalue weighted by molar-refractivity contribution is 0.427. The molecular weight excluding hydrogens is 268 g/mol. The van der Waals surface area contributed by atoms with Gasteiger partial charge in [0, 0.05) is 6.20 Å². The van der Waals surface area contributed by atoms with Crippen LogP contribution in [0.25, 0.3) is 10.2 Å². The zero-order chi connectivity index (χ0) is 12.7. The molecule has 2 aromatic heterocycles. The second-order valence-corrected chi connectivity index (χ2v) is 6.14. The smallest absolute Gasteiger partial charge is 0.423 e. The standard InChI is InChI=1S/C12H13BClNO2S/c14-9-10-11(18-12(9)13(16)17)8(5-6-15-10)7-3-1-2-4-7/h5-7,16-17H,1-4H2. The molecule has 3 nitrogen and oxygen atoms in total. The molecule has 2 heterocycles. The number of nitrogens with zero attached hydrogens (tertiary/aromatic N) is 1. The van der Waals surface area contributed by atoms with Gasteiger partial charge in [0.2, 0.25) is 0 Å². The number of fused-ring (bicyclic) bond motifs is 1. The third-order valence-electron chi connectivity index (χ3n) is 3.60. The maximum Gasteiger partial charge on any atom is 0.500 e. The van der Waals surface area contributed by atoms with Crippen LogP contribution in [-0.4, -0.2) is 22.2 Å². The average molecular weight is 282 g/mol. The van der Waals surface area contributed by atoms with E-state index in [-0.39, 0.29) is 0 Å². The quantitative estimate of drug-likeness (QED) is 0.831. The van der Waals surface area contributed by atoms with Gasteiger partial charge < -0.3 is 10.0 Å². The molecule has 0 bridgehead atoms. The third kappa shape index (κ3) is 1.95. The molecule has 1 fully saturated rings. The van der Waals surface area contributed by atoms with Gasteiger partial charge in [0.1, 0.15) is 0 Å². The van der Waals surface area contributed by atoms with E-state index in [0.717, 1.165) is 4.70 Å². The predicted octanol–water partition coefficient (Wildman–Crippen LogP) is 2.29. The van der Waals surface area contributed by atoms with Crippen LogP contribution in [0.2, 0.25) is 5.02 Å². The normalized spacial score (nSPS) is 16.6. The second-order valence-electron chi connectivity index (χ2n) is 4.71. The maximum absolute atomic E-state index is 9.32. The van der Waals surface area contributed by atoms with Gasteiger partial charge in [-0.3, -0.25) is 4.98 Å². The van der Waals surface area contributed by atoms with Crippen molar-refractivity contribution in [2.45, 2.75) is 31.6 Å². The summed E-state index contributed by atoms with van der Waals surface area (Å²) in [6.07, 6.45) is 6.70. The molecule has 2 aromatic rings. The van der Waals surface area contributed by atoms with E-state index in [1.165, 1.54) is 42.6 Å². The van der Waals surface area contributed by atoms with Crippen molar-refractivity contribution in [3.8, 4) is 0 Å². The van der Waals surface area contributed by atoms with E-state index in [4.69, 9.17) is 11.6 Å². The van der Waals surface area contributed by atoms with Gasteiger partial charge >= 0.3 is 7.12 Å². The van der Waals surface area contributed by atoms with Gasteiger partial charge in [-0.05, 0) is 30.4 Å². The fourth-order valence-corrected chi connectivity index (χ4v) is 4.25. The minimum Gasteiger partial charge on any atom is -0.423 e. The number of aromatic nitrogens is 1. The number of hydrogen-bond acceptors (Lipinski definition) is 4. The van der Waals surface area contributed by atoms with Crippen molar-refractivity contribution in [3.05, 3.63) is 22.8 Å². The van der Waals surface area contributed by atoms with Crippen molar-refractivity contribution in [2.24, 2.45) is 0 Å². The van der Waals surface area contributed by atoms with E-state index in [1.807, 2.05) is 6.07 Å². The van der Waals surface area contributed by atoms with E-state index >= 15 is 0 Å². The molecule has 6 heteroatoms. The Bertz CT molecular complexity index is 581. The summed E-state index contributed by atoms with van der Waals surface area (Å²) in [5.41, 5.74) is 1.96. The van der Waals surface area contributed by atoms with Crippen LogP contribution in [0.3, 0.4) is 0 Å². The molecule has 0 aromatic carbocycles. The van der Waals surface area contributed by atoms with E-state index < -0.39 is 7.12 Å². The van der Waals surface area contributed by atoms with Gasteiger partial charge in [0.25, 0.3) is 0 Å². The molecule has 1 saturated carbocycles. The molecular formula is C12H13BClNO2S. The molecule has 0 unspecified atom stereocenters. The lowest BCUT2D eigenvalue weighted by atomic mass is 9.89. The first-order valence-corrected chi connectivity index (χ1v) is 7.31.